The molecule has 0 saturated heterocycles. The quantitative estimate of drug-likeness (QED) is 0.457. The Morgan fingerprint density at radius 2 is 1.95 bits per heavy atom. The number of carbonyl (C=O) groups is 2. The second kappa shape index (κ2) is 7.89. The average molecular weight is 325 g/mol. The summed E-state index contributed by atoms with van der Waals surface area (Å²) in [7, 11) is 0. The van der Waals surface area contributed by atoms with Crippen LogP contribution in [0, 0.1) is 0 Å². The summed E-state index contributed by atoms with van der Waals surface area (Å²) in [6, 6.07) is 8.00. The Balaban J connectivity index is 2.44. The number of esters is 1. The van der Waals surface area contributed by atoms with Crippen LogP contribution >= 0.6 is 15.9 Å². The van der Waals surface area contributed by atoms with Crippen LogP contribution in [-0.4, -0.2) is 18.4 Å². The maximum absolute atomic E-state index is 11.2. The van der Waals surface area contributed by atoms with E-state index < -0.39 is 5.97 Å². The Morgan fingerprint density at radius 3 is 2.58 bits per heavy atom. The lowest BCUT2D eigenvalue weighted by molar-refractivity contribution is -0.144. The van der Waals surface area contributed by atoms with Crippen LogP contribution < -0.4 is 0 Å². The Morgan fingerprint density at radius 1 is 1.26 bits per heavy atom. The summed E-state index contributed by atoms with van der Waals surface area (Å²) in [5.41, 5.74) is 2.30. The minimum absolute atomic E-state index is 0.156. The molecule has 0 amide bonds. The van der Waals surface area contributed by atoms with Crippen molar-refractivity contribution < 1.29 is 14.3 Å². The van der Waals surface area contributed by atoms with Crippen molar-refractivity contribution >= 4 is 27.7 Å². The Labute approximate surface area is 121 Å². The highest BCUT2D eigenvalue weighted by atomic mass is 79.9. The van der Waals surface area contributed by atoms with Crippen molar-refractivity contribution in [2.45, 2.75) is 26.7 Å². The molecule has 0 fully saturated rings. The van der Waals surface area contributed by atoms with Gasteiger partial charge in [-0.1, -0.05) is 39.7 Å². The number of ether oxygens (including phenoxy) is 1. The van der Waals surface area contributed by atoms with E-state index >= 15 is 0 Å². The minimum Gasteiger partial charge on any atom is -0.461 e. The first-order valence-electron chi connectivity index (χ1n) is 6.03. The summed E-state index contributed by atoms with van der Waals surface area (Å²) in [5, 5.41) is 0. The molecule has 0 unspecified atom stereocenters. The molecule has 0 bridgehead atoms. The number of ketones is 1. The lowest BCUT2D eigenvalue weighted by Crippen LogP contribution is -2.09. The zero-order chi connectivity index (χ0) is 14.3. The van der Waals surface area contributed by atoms with Crippen molar-refractivity contribution in [3.05, 3.63) is 46.0 Å². The van der Waals surface area contributed by atoms with E-state index in [2.05, 4.69) is 15.9 Å². The van der Waals surface area contributed by atoms with Gasteiger partial charge in [-0.15, -0.1) is 0 Å². The van der Waals surface area contributed by atoms with Crippen LogP contribution in [0.25, 0.3) is 0 Å². The summed E-state index contributed by atoms with van der Waals surface area (Å²) in [6.45, 7) is 3.57. The molecule has 1 rings (SSSR count). The van der Waals surface area contributed by atoms with Gasteiger partial charge in [-0.2, -0.15) is 0 Å². The van der Waals surface area contributed by atoms with Crippen molar-refractivity contribution in [1.82, 2.24) is 0 Å². The van der Waals surface area contributed by atoms with Crippen molar-refractivity contribution in [1.29, 1.82) is 0 Å². The number of rotatable bonds is 6. The fourth-order valence-electron chi connectivity index (χ4n) is 1.55. The number of carbonyl (C=O) groups excluding carboxylic acids is 2. The first kappa shape index (κ1) is 15.6. The van der Waals surface area contributed by atoms with E-state index in [-0.39, 0.29) is 18.8 Å². The van der Waals surface area contributed by atoms with Crippen LogP contribution in [0.5, 0.6) is 0 Å². The molecule has 19 heavy (non-hydrogen) atoms. The van der Waals surface area contributed by atoms with E-state index in [4.69, 9.17) is 4.74 Å². The van der Waals surface area contributed by atoms with E-state index in [1.165, 1.54) is 12.5 Å². The monoisotopic (exact) mass is 324 g/mol. The van der Waals surface area contributed by atoms with Crippen LogP contribution in [0.1, 0.15) is 25.8 Å². The third-order valence-electron chi connectivity index (χ3n) is 2.50. The fraction of sp³-hybridized carbons (Fsp3) is 0.333. The Hall–Kier alpha value is -1.42. The molecule has 102 valence electrons. The smallest absolute Gasteiger partial charge is 0.313 e. The molecular weight excluding hydrogens is 308 g/mol. The molecule has 0 aromatic heterocycles. The summed E-state index contributed by atoms with van der Waals surface area (Å²) >= 11 is 3.49. The third kappa shape index (κ3) is 6.34. The van der Waals surface area contributed by atoms with Gasteiger partial charge in [-0.25, -0.2) is 0 Å². The van der Waals surface area contributed by atoms with E-state index in [9.17, 15) is 9.59 Å². The second-order valence-corrected chi connectivity index (χ2v) is 5.23. The van der Waals surface area contributed by atoms with Crippen LogP contribution in [-0.2, 0) is 20.7 Å². The molecule has 0 atom stereocenters. The van der Waals surface area contributed by atoms with Crippen LogP contribution in [0.4, 0.5) is 0 Å². The maximum Gasteiger partial charge on any atom is 0.313 e. The Kier molecular flexibility index (Phi) is 6.50. The standard InChI is InChI=1S/C15H17BrO3/c1-11(7-8-19-15(18)10-12(2)17)9-13-5-3-4-6-14(13)16/h3-7H,8-10H2,1-2H3. The SMILES string of the molecule is CC(=O)CC(=O)OCC=C(C)Cc1ccccc1Br. The second-order valence-electron chi connectivity index (χ2n) is 4.38. The summed E-state index contributed by atoms with van der Waals surface area (Å²) < 4.78 is 6.01. The van der Waals surface area contributed by atoms with Gasteiger partial charge in [-0.05, 0) is 38.0 Å². The number of halogens is 1. The fourth-order valence-corrected chi connectivity index (χ4v) is 1.97. The minimum atomic E-state index is -0.475. The molecule has 1 aromatic carbocycles. The van der Waals surface area contributed by atoms with Crippen LogP contribution in [0.2, 0.25) is 0 Å². The van der Waals surface area contributed by atoms with E-state index in [1.807, 2.05) is 37.3 Å². The predicted octanol–water partition coefficient (Wildman–Crippen LogP) is 3.46. The van der Waals surface area contributed by atoms with Crippen molar-refractivity contribution in [2.24, 2.45) is 0 Å². The highest BCUT2D eigenvalue weighted by Gasteiger charge is 2.05. The molecule has 0 spiro atoms. The van der Waals surface area contributed by atoms with Gasteiger partial charge in [0.25, 0.3) is 0 Å². The highest BCUT2D eigenvalue weighted by molar-refractivity contribution is 9.10. The number of hydrogen-bond donors (Lipinski definition) is 0. The molecule has 0 radical (unpaired) electrons. The third-order valence-corrected chi connectivity index (χ3v) is 3.27. The zero-order valence-corrected chi connectivity index (χ0v) is 12.7. The molecule has 0 aliphatic rings. The number of hydrogen-bond acceptors (Lipinski definition) is 3. The molecule has 1 aromatic rings. The Bertz CT molecular complexity index is 492. The van der Waals surface area contributed by atoms with E-state index in [1.54, 1.807) is 0 Å². The zero-order valence-electron chi connectivity index (χ0n) is 11.1. The lowest BCUT2D eigenvalue weighted by Gasteiger charge is -2.05. The maximum atomic E-state index is 11.2. The van der Waals surface area contributed by atoms with Gasteiger partial charge in [0, 0.05) is 4.47 Å². The topological polar surface area (TPSA) is 43.4 Å². The van der Waals surface area contributed by atoms with Gasteiger partial charge in [0.05, 0.1) is 0 Å². The molecule has 0 saturated carbocycles. The van der Waals surface area contributed by atoms with Crippen molar-refractivity contribution in [3.63, 3.8) is 0 Å². The molecule has 0 aliphatic heterocycles. The molecule has 0 aliphatic carbocycles. The normalized spacial score (nSPS) is 11.2. The van der Waals surface area contributed by atoms with Gasteiger partial charge in [0.15, 0.2) is 0 Å². The summed E-state index contributed by atoms with van der Waals surface area (Å²) in [5.74, 6) is -0.656. The van der Waals surface area contributed by atoms with Gasteiger partial charge in [-0.3, -0.25) is 9.59 Å². The first-order valence-corrected chi connectivity index (χ1v) is 6.82. The number of benzene rings is 1. The van der Waals surface area contributed by atoms with Crippen LogP contribution in [0.3, 0.4) is 0 Å². The first-order chi connectivity index (χ1) is 8.99. The van der Waals surface area contributed by atoms with Gasteiger partial charge in [0.1, 0.15) is 18.8 Å². The average Bonchev–Trinajstić information content (AvgIpc) is 2.31. The lowest BCUT2D eigenvalue weighted by atomic mass is 10.1. The van der Waals surface area contributed by atoms with Crippen molar-refractivity contribution in [2.75, 3.05) is 6.61 Å². The van der Waals surface area contributed by atoms with Gasteiger partial charge < -0.3 is 4.74 Å². The molecular formula is C15H17BrO3. The molecule has 0 N–H and O–H groups in total. The largest absolute Gasteiger partial charge is 0.461 e. The highest BCUT2D eigenvalue weighted by Crippen LogP contribution is 2.18. The van der Waals surface area contributed by atoms with E-state index in [0.717, 1.165) is 16.5 Å². The molecule has 3 nitrogen and oxygen atoms in total. The van der Waals surface area contributed by atoms with Crippen LogP contribution in [0.15, 0.2) is 40.4 Å². The predicted molar refractivity (Wildman–Crippen MR) is 77.9 cm³/mol. The van der Waals surface area contributed by atoms with Crippen molar-refractivity contribution in [3.8, 4) is 0 Å². The summed E-state index contributed by atoms with van der Waals surface area (Å²) in [4.78, 5) is 21.9. The number of Topliss-reactive ketones (excluding diaryl/α,β-unsaturated/α-hetero) is 1. The molecule has 4 heteroatoms. The van der Waals surface area contributed by atoms with Gasteiger partial charge >= 0.3 is 5.97 Å². The van der Waals surface area contributed by atoms with E-state index in [0.29, 0.717) is 0 Å². The number of allylic oxidation sites excluding steroid dienone is 1. The summed E-state index contributed by atoms with van der Waals surface area (Å²) in [6.07, 6.45) is 2.50. The molecule has 0 heterocycles. The van der Waals surface area contributed by atoms with Gasteiger partial charge in [0.2, 0.25) is 0 Å².